The summed E-state index contributed by atoms with van der Waals surface area (Å²) in [6.07, 6.45) is 3.33. The van der Waals surface area contributed by atoms with E-state index in [-0.39, 0.29) is 5.82 Å². The topological polar surface area (TPSA) is 42.5 Å². The minimum Gasteiger partial charge on any atom is -0.261 e. The van der Waals surface area contributed by atoms with E-state index in [0.29, 0.717) is 16.1 Å². The molecule has 0 spiro atoms. The minimum absolute atomic E-state index is 0.287. The molecule has 0 saturated carbocycles. The average Bonchev–Trinajstić information content (AvgIpc) is 2.97. The van der Waals surface area contributed by atoms with Gasteiger partial charge in [0.15, 0.2) is 0 Å². The molecule has 0 saturated heterocycles. The maximum absolute atomic E-state index is 14.0. The summed E-state index contributed by atoms with van der Waals surface area (Å²) in [6.45, 7) is 0. The third-order valence-corrected chi connectivity index (χ3v) is 3.93. The Morgan fingerprint density at radius 2 is 2.00 bits per heavy atom. The van der Waals surface area contributed by atoms with Crippen molar-refractivity contribution in [3.05, 3.63) is 70.4 Å². The van der Waals surface area contributed by atoms with E-state index in [1.54, 1.807) is 42.3 Å². The normalized spacial score (nSPS) is 12.2. The highest BCUT2D eigenvalue weighted by Crippen LogP contribution is 2.23. The number of nitrogens with zero attached hydrogens (tertiary/aromatic N) is 4. The molecule has 0 radical (unpaired) electrons. The average molecular weight is 312 g/mol. The summed E-state index contributed by atoms with van der Waals surface area (Å²) in [5.41, 5.74) is 1.88. The van der Waals surface area contributed by atoms with Crippen LogP contribution < -0.4 is 4.80 Å². The van der Waals surface area contributed by atoms with Gasteiger partial charge < -0.3 is 0 Å². The van der Waals surface area contributed by atoms with Gasteiger partial charge in [0.1, 0.15) is 5.82 Å². The third-order valence-electron chi connectivity index (χ3n) is 3.02. The first-order valence-corrected chi connectivity index (χ1v) is 7.51. The largest absolute Gasteiger partial charge is 0.261 e. The monoisotopic (exact) mass is 312 g/mol. The summed E-state index contributed by atoms with van der Waals surface area (Å²) in [5, 5.41) is 6.25. The van der Waals surface area contributed by atoms with Gasteiger partial charge in [-0.3, -0.25) is 9.98 Å². The van der Waals surface area contributed by atoms with Crippen molar-refractivity contribution in [3.8, 4) is 11.3 Å². The van der Waals surface area contributed by atoms with Crippen LogP contribution in [-0.2, 0) is 0 Å². The summed E-state index contributed by atoms with van der Waals surface area (Å²) < 4.78 is 15.7. The molecule has 4 nitrogen and oxygen atoms in total. The van der Waals surface area contributed by atoms with E-state index < -0.39 is 0 Å². The summed E-state index contributed by atoms with van der Waals surface area (Å²) >= 11 is 1.41. The predicted octanol–water partition coefficient (Wildman–Crippen LogP) is 3.16. The van der Waals surface area contributed by atoms with Crippen LogP contribution >= 0.6 is 11.3 Å². The van der Waals surface area contributed by atoms with E-state index in [2.05, 4.69) is 15.1 Å². The third kappa shape index (κ3) is 2.87. The number of hydrogen-bond donors (Lipinski definition) is 0. The fourth-order valence-electron chi connectivity index (χ4n) is 1.99. The van der Waals surface area contributed by atoms with Crippen molar-refractivity contribution in [1.82, 2.24) is 9.66 Å². The van der Waals surface area contributed by atoms with Crippen LogP contribution in [0.3, 0.4) is 0 Å². The summed E-state index contributed by atoms with van der Waals surface area (Å²) in [4.78, 5) is 9.06. The van der Waals surface area contributed by atoms with Crippen LogP contribution in [-0.4, -0.2) is 22.9 Å². The molecular formula is C16H13FN4S. The Bertz CT molecular complexity index is 865. The van der Waals surface area contributed by atoms with Crippen LogP contribution in [0.15, 0.2) is 64.1 Å². The van der Waals surface area contributed by atoms with Crippen molar-refractivity contribution in [2.75, 3.05) is 7.05 Å². The molecule has 2 aromatic heterocycles. The van der Waals surface area contributed by atoms with Gasteiger partial charge in [0.2, 0.25) is 4.80 Å². The fourth-order valence-corrected chi connectivity index (χ4v) is 2.78. The molecule has 0 bridgehead atoms. The molecule has 6 heteroatoms. The predicted molar refractivity (Wildman–Crippen MR) is 86.4 cm³/mol. The van der Waals surface area contributed by atoms with Gasteiger partial charge in [-0.2, -0.15) is 5.10 Å². The van der Waals surface area contributed by atoms with Crippen LogP contribution in [0.2, 0.25) is 0 Å². The number of thiazole rings is 1. The van der Waals surface area contributed by atoms with Gasteiger partial charge in [0.05, 0.1) is 17.6 Å². The van der Waals surface area contributed by atoms with E-state index in [0.717, 1.165) is 5.69 Å². The number of aromatic nitrogens is 2. The molecule has 3 aromatic rings. The Labute approximate surface area is 130 Å². The molecule has 0 aliphatic rings. The highest BCUT2D eigenvalue weighted by Gasteiger charge is 2.10. The zero-order chi connectivity index (χ0) is 15.4. The Hall–Kier alpha value is -2.60. The van der Waals surface area contributed by atoms with Crippen molar-refractivity contribution < 1.29 is 4.39 Å². The lowest BCUT2D eigenvalue weighted by Gasteiger charge is -2.04. The van der Waals surface area contributed by atoms with E-state index in [1.165, 1.54) is 17.4 Å². The lowest BCUT2D eigenvalue weighted by atomic mass is 10.1. The van der Waals surface area contributed by atoms with E-state index in [4.69, 9.17) is 0 Å². The highest BCUT2D eigenvalue weighted by atomic mass is 32.1. The molecule has 22 heavy (non-hydrogen) atoms. The zero-order valence-corrected chi connectivity index (χ0v) is 12.7. The minimum atomic E-state index is -0.287. The quantitative estimate of drug-likeness (QED) is 0.685. The van der Waals surface area contributed by atoms with Gasteiger partial charge in [-0.25, -0.2) is 9.07 Å². The lowest BCUT2D eigenvalue weighted by Crippen LogP contribution is -2.12. The molecule has 0 atom stereocenters. The molecule has 110 valence electrons. The SMILES string of the molecule is CN=c1scc(-c2ccccc2F)n1/N=C/c1ccccn1. The number of pyridine rings is 1. The van der Waals surface area contributed by atoms with Gasteiger partial charge in [0.25, 0.3) is 0 Å². The number of benzene rings is 1. The molecule has 0 amide bonds. The second-order valence-corrected chi connectivity index (χ2v) is 5.25. The van der Waals surface area contributed by atoms with Crippen LogP contribution in [0.25, 0.3) is 11.3 Å². The van der Waals surface area contributed by atoms with Crippen LogP contribution in [0.5, 0.6) is 0 Å². The summed E-state index contributed by atoms with van der Waals surface area (Å²) in [7, 11) is 1.68. The lowest BCUT2D eigenvalue weighted by molar-refractivity contribution is 0.629. The van der Waals surface area contributed by atoms with E-state index >= 15 is 0 Å². The highest BCUT2D eigenvalue weighted by molar-refractivity contribution is 7.07. The summed E-state index contributed by atoms with van der Waals surface area (Å²) in [5.74, 6) is -0.287. The van der Waals surface area contributed by atoms with Gasteiger partial charge >= 0.3 is 0 Å². The van der Waals surface area contributed by atoms with Crippen molar-refractivity contribution >= 4 is 17.6 Å². The Kier molecular flexibility index (Phi) is 4.20. The smallest absolute Gasteiger partial charge is 0.205 e. The van der Waals surface area contributed by atoms with Crippen molar-refractivity contribution in [2.45, 2.75) is 0 Å². The first-order valence-electron chi connectivity index (χ1n) is 6.63. The van der Waals surface area contributed by atoms with Gasteiger partial charge in [-0.15, -0.1) is 11.3 Å². The summed E-state index contributed by atoms with van der Waals surface area (Å²) in [6, 6.07) is 12.2. The fraction of sp³-hybridized carbons (Fsp3) is 0.0625. The zero-order valence-electron chi connectivity index (χ0n) is 11.8. The second kappa shape index (κ2) is 6.44. The Morgan fingerprint density at radius 1 is 1.18 bits per heavy atom. The molecule has 1 aromatic carbocycles. The van der Waals surface area contributed by atoms with Crippen LogP contribution in [0, 0.1) is 5.82 Å². The van der Waals surface area contributed by atoms with Crippen LogP contribution in [0.1, 0.15) is 5.69 Å². The standard InChI is InChI=1S/C16H13FN4S/c1-18-16-21(20-10-12-6-4-5-9-19-12)15(11-22-16)13-7-2-3-8-14(13)17/h2-11H,1H3/b18-16?,20-10+. The number of rotatable bonds is 3. The van der Waals surface area contributed by atoms with Crippen molar-refractivity contribution in [1.29, 1.82) is 0 Å². The van der Waals surface area contributed by atoms with Crippen molar-refractivity contribution in [3.63, 3.8) is 0 Å². The Morgan fingerprint density at radius 3 is 2.73 bits per heavy atom. The number of hydrogen-bond acceptors (Lipinski definition) is 4. The molecular weight excluding hydrogens is 299 g/mol. The molecule has 0 aliphatic carbocycles. The molecule has 0 fully saturated rings. The van der Waals surface area contributed by atoms with E-state index in [1.807, 2.05) is 23.6 Å². The number of halogens is 1. The maximum Gasteiger partial charge on any atom is 0.205 e. The van der Waals surface area contributed by atoms with Gasteiger partial charge in [0, 0.05) is 24.2 Å². The molecule has 3 rings (SSSR count). The van der Waals surface area contributed by atoms with Crippen molar-refractivity contribution in [2.24, 2.45) is 10.1 Å². The molecule has 0 aliphatic heterocycles. The van der Waals surface area contributed by atoms with Gasteiger partial charge in [-0.05, 0) is 24.3 Å². The maximum atomic E-state index is 14.0. The first-order chi connectivity index (χ1) is 10.8. The van der Waals surface area contributed by atoms with Crippen LogP contribution in [0.4, 0.5) is 4.39 Å². The first kappa shape index (κ1) is 14.3. The molecule has 0 N–H and O–H groups in total. The van der Waals surface area contributed by atoms with Gasteiger partial charge in [-0.1, -0.05) is 18.2 Å². The van der Waals surface area contributed by atoms with E-state index in [9.17, 15) is 4.39 Å². The second-order valence-electron chi connectivity index (χ2n) is 4.42. The molecule has 2 heterocycles. The Balaban J connectivity index is 2.10. The molecule has 0 unspecified atom stereocenters.